The van der Waals surface area contributed by atoms with Gasteiger partial charge < -0.3 is 25.0 Å². The van der Waals surface area contributed by atoms with Gasteiger partial charge in [0.2, 0.25) is 5.82 Å². The molecule has 0 aliphatic carbocycles. The number of guanidine groups is 1. The lowest BCUT2D eigenvalue weighted by Gasteiger charge is -2.22. The van der Waals surface area contributed by atoms with Gasteiger partial charge in [-0.2, -0.15) is 18.2 Å². The fourth-order valence-electron chi connectivity index (χ4n) is 4.09. The van der Waals surface area contributed by atoms with Crippen molar-refractivity contribution < 1.29 is 27.5 Å². The Bertz CT molecular complexity index is 1160. The van der Waals surface area contributed by atoms with Crippen molar-refractivity contribution in [3.05, 3.63) is 65.0 Å². The van der Waals surface area contributed by atoms with Crippen LogP contribution < -0.4 is 10.5 Å². The number of aryl methyl sites for hydroxylation is 2. The van der Waals surface area contributed by atoms with Crippen molar-refractivity contribution in [3.63, 3.8) is 0 Å². The number of nitrogens with two attached hydrogens (primary N) is 1. The van der Waals surface area contributed by atoms with E-state index in [1.807, 2.05) is 12.1 Å². The molecule has 0 bridgehead atoms. The minimum absolute atomic E-state index is 0.00709. The third-order valence-electron chi connectivity index (χ3n) is 5.89. The molecule has 2 atom stereocenters. The SMILES string of the molecule is COc1ccc(CCc2ccc(-c3noc([C@@H]4[C@@H](O)CCN4C(=N)N)n3)cc2C(F)(F)F)cc1. The normalized spacial score (nSPS) is 18.3. The molecule has 1 aliphatic heterocycles. The predicted octanol–water partition coefficient (Wildman–Crippen LogP) is 3.55. The zero-order valence-electron chi connectivity index (χ0n) is 18.3. The summed E-state index contributed by atoms with van der Waals surface area (Å²) in [6, 6.07) is 10.3. The summed E-state index contributed by atoms with van der Waals surface area (Å²) in [6.45, 7) is 0.333. The minimum atomic E-state index is -4.56. The van der Waals surface area contributed by atoms with E-state index >= 15 is 0 Å². The Morgan fingerprint density at radius 3 is 2.62 bits per heavy atom. The third kappa shape index (κ3) is 4.84. The number of halogens is 3. The maximum atomic E-state index is 13.9. The van der Waals surface area contributed by atoms with Crippen molar-refractivity contribution in [2.45, 2.75) is 37.6 Å². The summed E-state index contributed by atoms with van der Waals surface area (Å²) in [5, 5.41) is 21.7. The van der Waals surface area contributed by atoms with Crippen molar-refractivity contribution in [1.82, 2.24) is 15.0 Å². The van der Waals surface area contributed by atoms with Gasteiger partial charge in [-0.05, 0) is 48.6 Å². The van der Waals surface area contributed by atoms with Gasteiger partial charge in [0.15, 0.2) is 5.96 Å². The van der Waals surface area contributed by atoms with Gasteiger partial charge in [0.1, 0.15) is 11.8 Å². The molecule has 0 saturated carbocycles. The first-order chi connectivity index (χ1) is 16.2. The Morgan fingerprint density at radius 2 is 1.97 bits per heavy atom. The highest BCUT2D eigenvalue weighted by Crippen LogP contribution is 2.36. The molecule has 8 nitrogen and oxygen atoms in total. The van der Waals surface area contributed by atoms with Crippen molar-refractivity contribution in [2.75, 3.05) is 13.7 Å². The predicted molar refractivity (Wildman–Crippen MR) is 117 cm³/mol. The number of hydrogen-bond acceptors (Lipinski definition) is 6. The molecule has 4 rings (SSSR count). The number of ether oxygens (including phenoxy) is 1. The lowest BCUT2D eigenvalue weighted by molar-refractivity contribution is -0.138. The Labute approximate surface area is 193 Å². The van der Waals surface area contributed by atoms with E-state index in [-0.39, 0.29) is 35.2 Å². The molecule has 1 saturated heterocycles. The van der Waals surface area contributed by atoms with Crippen molar-refractivity contribution in [3.8, 4) is 17.1 Å². The Balaban J connectivity index is 1.58. The van der Waals surface area contributed by atoms with Crippen LogP contribution in [0.4, 0.5) is 13.2 Å². The van der Waals surface area contributed by atoms with E-state index in [2.05, 4.69) is 10.1 Å². The Kier molecular flexibility index (Phi) is 6.47. The van der Waals surface area contributed by atoms with Crippen LogP contribution in [0, 0.1) is 5.41 Å². The minimum Gasteiger partial charge on any atom is -0.497 e. The average Bonchev–Trinajstić information content (AvgIpc) is 3.44. The van der Waals surface area contributed by atoms with E-state index in [1.54, 1.807) is 19.2 Å². The molecule has 0 unspecified atom stereocenters. The number of rotatable bonds is 6. The quantitative estimate of drug-likeness (QED) is 0.368. The molecule has 0 spiro atoms. The first-order valence-electron chi connectivity index (χ1n) is 10.6. The third-order valence-corrected chi connectivity index (χ3v) is 5.89. The van der Waals surface area contributed by atoms with Crippen LogP contribution in [0.3, 0.4) is 0 Å². The van der Waals surface area contributed by atoms with Gasteiger partial charge in [0, 0.05) is 12.1 Å². The van der Waals surface area contributed by atoms with Gasteiger partial charge in [-0.25, -0.2) is 0 Å². The highest BCUT2D eigenvalue weighted by atomic mass is 19.4. The Hall–Kier alpha value is -3.60. The number of methoxy groups -OCH3 is 1. The van der Waals surface area contributed by atoms with Crippen LogP contribution in [0.25, 0.3) is 11.4 Å². The summed E-state index contributed by atoms with van der Waals surface area (Å²) in [7, 11) is 1.55. The van der Waals surface area contributed by atoms with E-state index in [0.29, 0.717) is 25.1 Å². The number of hydrogen-bond donors (Lipinski definition) is 3. The van der Waals surface area contributed by atoms with Crippen LogP contribution in [0.15, 0.2) is 47.0 Å². The lowest BCUT2D eigenvalue weighted by Crippen LogP contribution is -2.37. The number of likely N-dealkylation sites (tertiary alicyclic amines) is 1. The molecule has 3 aromatic rings. The second kappa shape index (κ2) is 9.34. The first kappa shape index (κ1) is 23.6. The largest absolute Gasteiger partial charge is 0.497 e. The molecule has 2 aromatic carbocycles. The molecule has 1 fully saturated rings. The van der Waals surface area contributed by atoms with Crippen molar-refractivity contribution in [1.29, 1.82) is 5.41 Å². The fourth-order valence-corrected chi connectivity index (χ4v) is 4.09. The van der Waals surface area contributed by atoms with E-state index in [1.165, 1.54) is 17.0 Å². The maximum absolute atomic E-state index is 13.9. The topological polar surface area (TPSA) is 121 Å². The molecule has 4 N–H and O–H groups in total. The lowest BCUT2D eigenvalue weighted by atomic mass is 9.97. The number of aliphatic hydroxyl groups excluding tert-OH is 1. The number of aromatic nitrogens is 2. The summed E-state index contributed by atoms with van der Waals surface area (Å²) in [6.07, 6.45) is -4.48. The zero-order valence-corrected chi connectivity index (χ0v) is 18.3. The maximum Gasteiger partial charge on any atom is 0.416 e. The molecular formula is C23H24F3N5O3. The summed E-state index contributed by atoms with van der Waals surface area (Å²) >= 11 is 0. The second-order valence-corrected chi connectivity index (χ2v) is 8.05. The molecule has 11 heteroatoms. The van der Waals surface area contributed by atoms with Gasteiger partial charge >= 0.3 is 6.18 Å². The van der Waals surface area contributed by atoms with Crippen LogP contribution in [0.2, 0.25) is 0 Å². The van der Waals surface area contributed by atoms with E-state index in [9.17, 15) is 18.3 Å². The molecule has 0 amide bonds. The molecule has 34 heavy (non-hydrogen) atoms. The molecular weight excluding hydrogens is 451 g/mol. The number of nitrogens with one attached hydrogen (secondary N) is 1. The smallest absolute Gasteiger partial charge is 0.416 e. The van der Waals surface area contributed by atoms with Crippen molar-refractivity contribution >= 4 is 5.96 Å². The summed E-state index contributed by atoms with van der Waals surface area (Å²) < 4.78 is 51.9. The number of aliphatic hydroxyl groups is 1. The van der Waals surface area contributed by atoms with Crippen LogP contribution >= 0.6 is 0 Å². The average molecular weight is 475 g/mol. The standard InChI is InChI=1S/C23H24F3N5O3/c1-33-16-8-3-13(4-9-16)2-5-14-6-7-15(12-17(14)23(24,25)26)20-29-21(34-30-20)19-18(32)10-11-31(19)22(27)28/h3-4,6-9,12,18-19,32H,2,5,10-11H2,1H3,(H3,27,28)/t18-,19-/m0/s1. The van der Waals surface area contributed by atoms with Gasteiger partial charge in [0.05, 0.1) is 18.8 Å². The first-order valence-corrected chi connectivity index (χ1v) is 10.6. The van der Waals surface area contributed by atoms with Crippen molar-refractivity contribution in [2.24, 2.45) is 5.73 Å². The molecule has 2 heterocycles. The molecule has 0 radical (unpaired) electrons. The van der Waals surface area contributed by atoms with Gasteiger partial charge in [-0.3, -0.25) is 5.41 Å². The van der Waals surface area contributed by atoms with Gasteiger partial charge in [-0.1, -0.05) is 29.4 Å². The van der Waals surface area contributed by atoms with E-state index < -0.39 is 23.9 Å². The highest BCUT2D eigenvalue weighted by molar-refractivity contribution is 5.75. The van der Waals surface area contributed by atoms with Gasteiger partial charge in [0.25, 0.3) is 5.89 Å². The zero-order chi connectivity index (χ0) is 24.5. The van der Waals surface area contributed by atoms with Crippen LogP contribution in [-0.4, -0.2) is 45.9 Å². The summed E-state index contributed by atoms with van der Waals surface area (Å²) in [4.78, 5) is 5.61. The molecule has 180 valence electrons. The summed E-state index contributed by atoms with van der Waals surface area (Å²) in [5.74, 6) is 0.374. The monoisotopic (exact) mass is 475 g/mol. The number of benzene rings is 2. The number of nitrogens with zero attached hydrogens (tertiary/aromatic N) is 3. The van der Waals surface area contributed by atoms with Crippen LogP contribution in [-0.2, 0) is 19.0 Å². The Morgan fingerprint density at radius 1 is 1.24 bits per heavy atom. The molecule has 1 aromatic heterocycles. The fraction of sp³-hybridized carbons (Fsp3) is 0.348. The second-order valence-electron chi connectivity index (χ2n) is 8.05. The highest BCUT2D eigenvalue weighted by Gasteiger charge is 2.39. The molecule has 1 aliphatic rings. The van der Waals surface area contributed by atoms with Crippen LogP contribution in [0.1, 0.15) is 35.0 Å². The summed E-state index contributed by atoms with van der Waals surface area (Å²) in [5.41, 5.74) is 5.97. The van der Waals surface area contributed by atoms with E-state index in [0.717, 1.165) is 11.6 Å². The van der Waals surface area contributed by atoms with Crippen LogP contribution in [0.5, 0.6) is 5.75 Å². The van der Waals surface area contributed by atoms with E-state index in [4.69, 9.17) is 20.4 Å². The van der Waals surface area contributed by atoms with Gasteiger partial charge in [-0.15, -0.1) is 0 Å². The number of alkyl halides is 3.